The van der Waals surface area contributed by atoms with E-state index >= 15 is 0 Å². The maximum absolute atomic E-state index is 12.9. The lowest BCUT2D eigenvalue weighted by Crippen LogP contribution is -2.49. The summed E-state index contributed by atoms with van der Waals surface area (Å²) in [6, 6.07) is 13.5. The normalized spacial score (nSPS) is 16.1. The molecule has 0 saturated carbocycles. The molecule has 0 spiro atoms. The highest BCUT2D eigenvalue weighted by atomic mass is 16.4. The van der Waals surface area contributed by atoms with Gasteiger partial charge in [0.2, 0.25) is 11.3 Å². The number of hydrogen-bond donors (Lipinski definition) is 1. The van der Waals surface area contributed by atoms with Crippen LogP contribution in [0.4, 0.5) is 0 Å². The average Bonchev–Trinajstić information content (AvgIpc) is 2.69. The smallest absolute Gasteiger partial charge is 0.326 e. The van der Waals surface area contributed by atoms with E-state index in [4.69, 9.17) is 0 Å². The van der Waals surface area contributed by atoms with E-state index in [9.17, 15) is 19.5 Å². The SMILES string of the molecule is O=C(O)[C@@H]1Cc2ccccc2CN1C(=O)Cn1ncc(=O)c2ccccc21. The minimum atomic E-state index is -1.03. The lowest BCUT2D eigenvalue weighted by atomic mass is 9.94. The molecule has 3 aromatic rings. The summed E-state index contributed by atoms with van der Waals surface area (Å²) < 4.78 is 1.44. The molecule has 1 aliphatic heterocycles. The van der Waals surface area contributed by atoms with E-state index in [2.05, 4.69) is 5.10 Å². The lowest BCUT2D eigenvalue weighted by molar-refractivity contribution is -0.151. The number of nitrogens with zero attached hydrogens (tertiary/aromatic N) is 3. The van der Waals surface area contributed by atoms with Gasteiger partial charge in [-0.2, -0.15) is 5.10 Å². The third-order valence-electron chi connectivity index (χ3n) is 4.90. The Kier molecular flexibility index (Phi) is 4.19. The number of benzene rings is 2. The van der Waals surface area contributed by atoms with Crippen LogP contribution >= 0.6 is 0 Å². The second-order valence-electron chi connectivity index (χ2n) is 6.53. The van der Waals surface area contributed by atoms with Gasteiger partial charge in [-0.3, -0.25) is 14.3 Å². The summed E-state index contributed by atoms with van der Waals surface area (Å²) in [5, 5.41) is 14.1. The van der Waals surface area contributed by atoms with Crippen molar-refractivity contribution in [3.8, 4) is 0 Å². The first-order chi connectivity index (χ1) is 13.0. The van der Waals surface area contributed by atoms with Crippen molar-refractivity contribution in [1.29, 1.82) is 0 Å². The standard InChI is InChI=1S/C20H17N3O4/c24-18-10-21-23(16-8-4-3-7-15(16)18)12-19(25)22-11-14-6-2-1-5-13(14)9-17(22)20(26)27/h1-8,10,17H,9,11-12H2,(H,26,27)/t17-/m0/s1. The Balaban J connectivity index is 1.67. The molecule has 0 saturated heterocycles. The van der Waals surface area contributed by atoms with Crippen LogP contribution < -0.4 is 5.43 Å². The van der Waals surface area contributed by atoms with Crippen molar-refractivity contribution < 1.29 is 14.7 Å². The summed E-state index contributed by atoms with van der Waals surface area (Å²) in [5.74, 6) is -1.38. The molecule has 7 heteroatoms. The largest absolute Gasteiger partial charge is 0.480 e. The Bertz CT molecular complexity index is 1110. The van der Waals surface area contributed by atoms with Gasteiger partial charge in [-0.25, -0.2) is 4.79 Å². The Morgan fingerprint density at radius 1 is 1.07 bits per heavy atom. The van der Waals surface area contributed by atoms with Gasteiger partial charge in [0, 0.05) is 18.4 Å². The van der Waals surface area contributed by atoms with Crippen molar-refractivity contribution in [3.05, 3.63) is 76.1 Å². The molecule has 27 heavy (non-hydrogen) atoms. The van der Waals surface area contributed by atoms with Crippen molar-refractivity contribution in [2.75, 3.05) is 0 Å². The van der Waals surface area contributed by atoms with Gasteiger partial charge in [0.15, 0.2) is 0 Å². The first kappa shape index (κ1) is 17.0. The lowest BCUT2D eigenvalue weighted by Gasteiger charge is -2.34. The van der Waals surface area contributed by atoms with E-state index in [0.29, 0.717) is 10.9 Å². The van der Waals surface area contributed by atoms with Gasteiger partial charge < -0.3 is 10.0 Å². The molecule has 0 bridgehead atoms. The molecule has 2 aromatic carbocycles. The Morgan fingerprint density at radius 3 is 2.56 bits per heavy atom. The highest BCUT2D eigenvalue weighted by Gasteiger charge is 2.34. The highest BCUT2D eigenvalue weighted by Crippen LogP contribution is 2.24. The van der Waals surface area contributed by atoms with Crippen LogP contribution in [-0.2, 0) is 29.1 Å². The summed E-state index contributed by atoms with van der Waals surface area (Å²) in [7, 11) is 0. The fraction of sp³-hybridized carbons (Fsp3) is 0.200. The Labute approximate surface area is 154 Å². The van der Waals surface area contributed by atoms with Gasteiger partial charge >= 0.3 is 5.97 Å². The number of para-hydroxylation sites is 1. The van der Waals surface area contributed by atoms with Crippen LogP contribution in [0.3, 0.4) is 0 Å². The maximum Gasteiger partial charge on any atom is 0.326 e. The number of carboxylic acid groups (broad SMARTS) is 1. The first-order valence-electron chi connectivity index (χ1n) is 8.58. The van der Waals surface area contributed by atoms with Crippen LogP contribution in [0, 0.1) is 0 Å². The molecule has 7 nitrogen and oxygen atoms in total. The number of carboxylic acids is 1. The Hall–Kier alpha value is -3.48. The van der Waals surface area contributed by atoms with Crippen molar-refractivity contribution in [1.82, 2.24) is 14.7 Å². The van der Waals surface area contributed by atoms with Gasteiger partial charge in [0.1, 0.15) is 12.6 Å². The van der Waals surface area contributed by atoms with Gasteiger partial charge in [-0.1, -0.05) is 36.4 Å². The van der Waals surface area contributed by atoms with Crippen LogP contribution in [0.2, 0.25) is 0 Å². The van der Waals surface area contributed by atoms with Gasteiger partial charge in [0.05, 0.1) is 11.7 Å². The van der Waals surface area contributed by atoms with Crippen molar-refractivity contribution >= 4 is 22.8 Å². The Morgan fingerprint density at radius 2 is 1.78 bits per heavy atom. The van der Waals surface area contributed by atoms with Crippen molar-refractivity contribution in [2.24, 2.45) is 0 Å². The van der Waals surface area contributed by atoms with Crippen LogP contribution in [0.25, 0.3) is 10.9 Å². The van der Waals surface area contributed by atoms with Gasteiger partial charge in [-0.05, 0) is 23.3 Å². The zero-order chi connectivity index (χ0) is 19.0. The molecule has 136 valence electrons. The molecule has 2 heterocycles. The van der Waals surface area contributed by atoms with E-state index < -0.39 is 12.0 Å². The third kappa shape index (κ3) is 3.08. The zero-order valence-corrected chi connectivity index (χ0v) is 14.4. The number of aliphatic carboxylic acids is 1. The maximum atomic E-state index is 12.9. The van der Waals surface area contributed by atoms with E-state index in [1.807, 2.05) is 24.3 Å². The molecule has 0 fully saturated rings. The fourth-order valence-electron chi connectivity index (χ4n) is 3.51. The number of aromatic nitrogens is 2. The summed E-state index contributed by atoms with van der Waals surface area (Å²) in [4.78, 5) is 38.0. The number of amides is 1. The van der Waals surface area contributed by atoms with Crippen LogP contribution in [0.1, 0.15) is 11.1 Å². The minimum absolute atomic E-state index is 0.132. The molecule has 1 atom stereocenters. The van der Waals surface area contributed by atoms with Crippen LogP contribution in [0.5, 0.6) is 0 Å². The summed E-state index contributed by atoms with van der Waals surface area (Å²) in [5.41, 5.74) is 2.22. The predicted molar refractivity (Wildman–Crippen MR) is 98.1 cm³/mol. The molecular weight excluding hydrogens is 346 g/mol. The molecule has 4 rings (SSSR count). The monoisotopic (exact) mass is 363 g/mol. The third-order valence-corrected chi connectivity index (χ3v) is 4.90. The summed E-state index contributed by atoms with van der Waals surface area (Å²) >= 11 is 0. The minimum Gasteiger partial charge on any atom is -0.480 e. The molecular formula is C20H17N3O4. The molecule has 0 radical (unpaired) electrons. The molecule has 1 aliphatic rings. The number of carbonyl (C=O) groups excluding carboxylic acids is 1. The average molecular weight is 363 g/mol. The van der Waals surface area contributed by atoms with Gasteiger partial charge in [-0.15, -0.1) is 0 Å². The second-order valence-corrected chi connectivity index (χ2v) is 6.53. The van der Waals surface area contributed by atoms with Crippen molar-refractivity contribution in [2.45, 2.75) is 25.6 Å². The van der Waals surface area contributed by atoms with Crippen LogP contribution in [0.15, 0.2) is 59.5 Å². The van der Waals surface area contributed by atoms with Crippen molar-refractivity contribution in [3.63, 3.8) is 0 Å². The van der Waals surface area contributed by atoms with E-state index in [0.717, 1.165) is 11.1 Å². The molecule has 0 unspecified atom stereocenters. The number of hydrogen-bond acceptors (Lipinski definition) is 4. The van der Waals surface area contributed by atoms with Gasteiger partial charge in [0.25, 0.3) is 0 Å². The predicted octanol–water partition coefficient (Wildman–Crippen LogP) is 1.43. The fourth-order valence-corrected chi connectivity index (χ4v) is 3.51. The highest BCUT2D eigenvalue weighted by molar-refractivity contribution is 5.86. The van der Waals surface area contributed by atoms with E-state index in [-0.39, 0.29) is 30.8 Å². The molecule has 0 aliphatic carbocycles. The quantitative estimate of drug-likeness (QED) is 0.760. The van der Waals surface area contributed by atoms with Crippen LogP contribution in [-0.4, -0.2) is 37.7 Å². The first-order valence-corrected chi connectivity index (χ1v) is 8.58. The van der Waals surface area contributed by atoms with E-state index in [1.54, 1.807) is 24.3 Å². The molecule has 1 N–H and O–H groups in total. The molecule has 1 amide bonds. The summed E-state index contributed by atoms with van der Waals surface area (Å²) in [6.45, 7) is 0.108. The summed E-state index contributed by atoms with van der Waals surface area (Å²) in [6.07, 6.45) is 1.45. The molecule has 1 aromatic heterocycles. The number of fused-ring (bicyclic) bond motifs is 2. The zero-order valence-electron chi connectivity index (χ0n) is 14.4. The number of carbonyl (C=O) groups is 2. The van der Waals surface area contributed by atoms with E-state index in [1.165, 1.54) is 15.8 Å². The second kappa shape index (κ2) is 6.68. The number of rotatable bonds is 3. The topological polar surface area (TPSA) is 92.5 Å².